The summed E-state index contributed by atoms with van der Waals surface area (Å²) in [6, 6.07) is 9.30. The molecule has 0 unspecified atom stereocenters. The number of piperidine rings is 1. The van der Waals surface area contributed by atoms with Gasteiger partial charge in [-0.1, -0.05) is 0 Å². The average Bonchev–Trinajstić information content (AvgIpc) is 2.70. The Kier molecular flexibility index (Phi) is 5.58. The molecule has 8 heteroatoms. The molecule has 1 aromatic carbocycles. The fourth-order valence-corrected chi connectivity index (χ4v) is 3.14. The van der Waals surface area contributed by atoms with Crippen LogP contribution >= 0.6 is 0 Å². The van der Waals surface area contributed by atoms with E-state index in [1.165, 1.54) is 22.9 Å². The lowest BCUT2D eigenvalue weighted by atomic mass is 9.96. The van der Waals surface area contributed by atoms with Crippen molar-refractivity contribution in [1.29, 1.82) is 0 Å². The number of aromatic nitrogens is 1. The van der Waals surface area contributed by atoms with Crippen LogP contribution < -0.4 is 10.9 Å². The number of aryl methyl sites for hydroxylation is 1. The van der Waals surface area contributed by atoms with Crippen LogP contribution in [0.15, 0.2) is 47.4 Å². The smallest absolute Gasteiger partial charge is 0.306 e. The maximum Gasteiger partial charge on any atom is 0.306 e. The number of carbonyl (C=O) groups excluding carboxylic acids is 2. The number of carbonyl (C=O) groups is 3. The third kappa shape index (κ3) is 4.28. The summed E-state index contributed by atoms with van der Waals surface area (Å²) in [6.45, 7) is 0.835. The van der Waals surface area contributed by atoms with Gasteiger partial charge in [0.1, 0.15) is 0 Å². The van der Waals surface area contributed by atoms with Crippen LogP contribution in [0, 0.1) is 5.92 Å². The van der Waals surface area contributed by atoms with Crippen molar-refractivity contribution in [2.45, 2.75) is 12.8 Å². The number of rotatable bonds is 4. The topological polar surface area (TPSA) is 109 Å². The molecule has 0 aliphatic carbocycles. The van der Waals surface area contributed by atoms with E-state index < -0.39 is 5.97 Å². The number of benzene rings is 1. The molecule has 2 N–H and O–H groups in total. The van der Waals surface area contributed by atoms with Crippen molar-refractivity contribution in [3.05, 3.63) is 64.1 Å². The Morgan fingerprint density at radius 1 is 1.00 bits per heavy atom. The number of anilines is 1. The number of likely N-dealkylation sites (tertiary alicyclic amines) is 1. The summed E-state index contributed by atoms with van der Waals surface area (Å²) in [5.74, 6) is -1.71. The van der Waals surface area contributed by atoms with Crippen molar-refractivity contribution < 1.29 is 19.5 Å². The molecule has 0 bridgehead atoms. The molecule has 3 rings (SSSR count). The molecule has 28 heavy (non-hydrogen) atoms. The fraction of sp³-hybridized carbons (Fsp3) is 0.300. The first-order chi connectivity index (χ1) is 13.3. The summed E-state index contributed by atoms with van der Waals surface area (Å²) in [4.78, 5) is 48.9. The van der Waals surface area contributed by atoms with Gasteiger partial charge in [-0.05, 0) is 43.2 Å². The molecule has 0 radical (unpaired) electrons. The van der Waals surface area contributed by atoms with Gasteiger partial charge in [0.05, 0.1) is 11.5 Å². The van der Waals surface area contributed by atoms with E-state index in [0.717, 1.165) is 0 Å². The molecule has 1 aliphatic heterocycles. The van der Waals surface area contributed by atoms with Gasteiger partial charge in [0.2, 0.25) is 5.56 Å². The lowest BCUT2D eigenvalue weighted by Gasteiger charge is -2.30. The maximum atomic E-state index is 12.6. The molecule has 2 aromatic rings. The molecule has 0 atom stereocenters. The molecule has 146 valence electrons. The van der Waals surface area contributed by atoms with Gasteiger partial charge in [0.25, 0.3) is 11.8 Å². The molecule has 0 saturated carbocycles. The SMILES string of the molecule is Cn1cc(C(=O)Nc2ccc(C(=O)N3CCC(C(=O)O)CC3)cc2)ccc1=O. The lowest BCUT2D eigenvalue weighted by Crippen LogP contribution is -2.40. The van der Waals surface area contributed by atoms with E-state index >= 15 is 0 Å². The van der Waals surface area contributed by atoms with Gasteiger partial charge >= 0.3 is 5.97 Å². The third-order valence-corrected chi connectivity index (χ3v) is 4.87. The summed E-state index contributed by atoms with van der Waals surface area (Å²) in [5, 5.41) is 11.8. The zero-order valence-electron chi connectivity index (χ0n) is 15.4. The van der Waals surface area contributed by atoms with Gasteiger partial charge in [-0.25, -0.2) is 0 Å². The largest absolute Gasteiger partial charge is 0.481 e. The number of nitrogens with zero attached hydrogens (tertiary/aromatic N) is 2. The van der Waals surface area contributed by atoms with Crippen LogP contribution in [0.25, 0.3) is 0 Å². The van der Waals surface area contributed by atoms with Gasteiger partial charge in [0.15, 0.2) is 0 Å². The highest BCUT2D eigenvalue weighted by Gasteiger charge is 2.27. The Bertz CT molecular complexity index is 957. The van der Waals surface area contributed by atoms with Crippen LogP contribution in [0.4, 0.5) is 5.69 Å². The van der Waals surface area contributed by atoms with Gasteiger partial charge in [-0.3, -0.25) is 19.2 Å². The van der Waals surface area contributed by atoms with Crippen LogP contribution in [0.2, 0.25) is 0 Å². The number of amides is 2. The molecule has 1 aromatic heterocycles. The molecule has 8 nitrogen and oxygen atoms in total. The van der Waals surface area contributed by atoms with E-state index in [0.29, 0.717) is 42.7 Å². The summed E-state index contributed by atoms with van der Waals surface area (Å²) in [6.07, 6.45) is 2.36. The number of hydrogen-bond donors (Lipinski definition) is 2. The molecular formula is C20H21N3O5. The van der Waals surface area contributed by atoms with E-state index in [-0.39, 0.29) is 23.3 Å². The number of hydrogen-bond acceptors (Lipinski definition) is 4. The summed E-state index contributed by atoms with van der Waals surface area (Å²) >= 11 is 0. The molecule has 0 spiro atoms. The minimum Gasteiger partial charge on any atom is -0.481 e. The average molecular weight is 383 g/mol. The second kappa shape index (κ2) is 8.08. The van der Waals surface area contributed by atoms with Crippen LogP contribution in [0.1, 0.15) is 33.6 Å². The number of carboxylic acids is 1. The van der Waals surface area contributed by atoms with Gasteiger partial charge in [-0.15, -0.1) is 0 Å². The normalized spacial score (nSPS) is 14.5. The maximum absolute atomic E-state index is 12.6. The standard InChI is InChI=1S/C20H21N3O5/c1-22-12-15(4-7-17(22)24)18(25)21-16-5-2-13(3-6-16)19(26)23-10-8-14(9-11-23)20(27)28/h2-7,12,14H,8-11H2,1H3,(H,21,25)(H,27,28). The number of carboxylic acid groups (broad SMARTS) is 1. The molecular weight excluding hydrogens is 362 g/mol. The number of nitrogens with one attached hydrogen (secondary N) is 1. The first-order valence-corrected chi connectivity index (χ1v) is 8.95. The van der Waals surface area contributed by atoms with Gasteiger partial charge in [0, 0.05) is 43.7 Å². The van der Waals surface area contributed by atoms with E-state index in [2.05, 4.69) is 5.32 Å². The third-order valence-electron chi connectivity index (χ3n) is 4.87. The quantitative estimate of drug-likeness (QED) is 0.833. The van der Waals surface area contributed by atoms with Crippen LogP contribution in [0.3, 0.4) is 0 Å². The first-order valence-electron chi connectivity index (χ1n) is 8.95. The van der Waals surface area contributed by atoms with Crippen molar-refractivity contribution in [3.63, 3.8) is 0 Å². The number of aliphatic carboxylic acids is 1. The van der Waals surface area contributed by atoms with Crippen molar-refractivity contribution in [2.24, 2.45) is 13.0 Å². The van der Waals surface area contributed by atoms with Crippen molar-refractivity contribution in [3.8, 4) is 0 Å². The van der Waals surface area contributed by atoms with Crippen LogP contribution in [0.5, 0.6) is 0 Å². The Morgan fingerprint density at radius 2 is 1.61 bits per heavy atom. The second-order valence-electron chi connectivity index (χ2n) is 6.80. The monoisotopic (exact) mass is 383 g/mol. The fourth-order valence-electron chi connectivity index (χ4n) is 3.14. The molecule has 2 amide bonds. The van der Waals surface area contributed by atoms with E-state index in [4.69, 9.17) is 5.11 Å². The summed E-state index contributed by atoms with van der Waals surface area (Å²) in [7, 11) is 1.57. The minimum atomic E-state index is -0.814. The van der Waals surface area contributed by atoms with E-state index in [9.17, 15) is 19.2 Å². The molecule has 1 fully saturated rings. The predicted octanol–water partition coefficient (Wildman–Crippen LogP) is 1.57. The zero-order valence-corrected chi connectivity index (χ0v) is 15.4. The molecule has 1 aliphatic rings. The first kappa shape index (κ1) is 19.3. The summed E-state index contributed by atoms with van der Waals surface area (Å²) < 4.78 is 1.32. The second-order valence-corrected chi connectivity index (χ2v) is 6.80. The summed E-state index contributed by atoms with van der Waals surface area (Å²) in [5.41, 5.74) is 1.16. The van der Waals surface area contributed by atoms with Crippen LogP contribution in [-0.4, -0.2) is 45.4 Å². The van der Waals surface area contributed by atoms with Crippen molar-refractivity contribution >= 4 is 23.5 Å². The van der Waals surface area contributed by atoms with Gasteiger partial charge in [-0.2, -0.15) is 0 Å². The van der Waals surface area contributed by atoms with Crippen LogP contribution in [-0.2, 0) is 11.8 Å². The van der Waals surface area contributed by atoms with E-state index in [1.54, 1.807) is 36.2 Å². The number of pyridine rings is 1. The Balaban J connectivity index is 1.62. The molecule has 2 heterocycles. The van der Waals surface area contributed by atoms with Gasteiger partial charge < -0.3 is 19.9 Å². The van der Waals surface area contributed by atoms with E-state index in [1.807, 2.05) is 0 Å². The molecule has 1 saturated heterocycles. The highest BCUT2D eigenvalue weighted by molar-refractivity contribution is 6.04. The Morgan fingerprint density at radius 3 is 2.18 bits per heavy atom. The Labute approximate surface area is 161 Å². The highest BCUT2D eigenvalue weighted by atomic mass is 16.4. The lowest BCUT2D eigenvalue weighted by molar-refractivity contribution is -0.143. The zero-order chi connectivity index (χ0) is 20.3. The van der Waals surface area contributed by atoms with Crippen molar-refractivity contribution in [1.82, 2.24) is 9.47 Å². The minimum absolute atomic E-state index is 0.153. The van der Waals surface area contributed by atoms with Crippen molar-refractivity contribution in [2.75, 3.05) is 18.4 Å². The predicted molar refractivity (Wildman–Crippen MR) is 102 cm³/mol. The Hall–Kier alpha value is -3.42. The highest BCUT2D eigenvalue weighted by Crippen LogP contribution is 2.20.